The van der Waals surface area contributed by atoms with E-state index in [-0.39, 0.29) is 5.78 Å². The summed E-state index contributed by atoms with van der Waals surface area (Å²) in [6, 6.07) is 0. The Balaban J connectivity index is 2.46. The van der Waals surface area contributed by atoms with Crippen LogP contribution in [0.2, 0.25) is 0 Å². The van der Waals surface area contributed by atoms with Gasteiger partial charge >= 0.3 is 0 Å². The van der Waals surface area contributed by atoms with Crippen LogP contribution in [0.25, 0.3) is 0 Å². The van der Waals surface area contributed by atoms with Crippen molar-refractivity contribution < 1.29 is 4.79 Å². The van der Waals surface area contributed by atoms with E-state index in [4.69, 9.17) is 0 Å². The van der Waals surface area contributed by atoms with Crippen LogP contribution in [-0.2, 0) is 18.3 Å². The zero-order valence-electron chi connectivity index (χ0n) is 7.32. The fourth-order valence-electron chi connectivity index (χ4n) is 0.938. The third-order valence-corrected chi connectivity index (χ3v) is 1.43. The highest BCUT2D eigenvalue weighted by Gasteiger charge is 2.06. The number of hydrogen-bond donors (Lipinski definition) is 0. The Morgan fingerprint density at radius 1 is 1.58 bits per heavy atom. The van der Waals surface area contributed by atoms with E-state index in [1.165, 1.54) is 4.80 Å². The number of carbonyl (C=O) groups is 1. The number of Topliss-reactive ketones (excluding diaryl/α,β-unsaturated/α-hetero) is 1. The van der Waals surface area contributed by atoms with Crippen LogP contribution in [0.3, 0.4) is 0 Å². The van der Waals surface area contributed by atoms with Gasteiger partial charge in [-0.25, -0.2) is 0 Å². The lowest BCUT2D eigenvalue weighted by molar-refractivity contribution is -0.118. The molecule has 0 spiro atoms. The molecule has 0 unspecified atom stereocenters. The van der Waals surface area contributed by atoms with Gasteiger partial charge in [0, 0.05) is 6.42 Å². The highest BCUT2D eigenvalue weighted by atomic mass is 16.1. The molecular weight excluding hydrogens is 156 g/mol. The molecule has 12 heavy (non-hydrogen) atoms. The van der Waals surface area contributed by atoms with Crippen LogP contribution in [0.5, 0.6) is 0 Å². The van der Waals surface area contributed by atoms with Crippen molar-refractivity contribution in [3.05, 3.63) is 5.82 Å². The Hall–Kier alpha value is -1.26. The molecule has 5 nitrogen and oxygen atoms in total. The van der Waals surface area contributed by atoms with Crippen molar-refractivity contribution in [3.8, 4) is 0 Å². The van der Waals surface area contributed by atoms with Gasteiger partial charge in [-0.3, -0.25) is 4.79 Å². The summed E-state index contributed by atoms with van der Waals surface area (Å²) in [5, 5.41) is 11.3. The molecule has 0 aromatic carbocycles. The minimum atomic E-state index is 0.172. The molecule has 1 heterocycles. The van der Waals surface area contributed by atoms with E-state index in [0.29, 0.717) is 18.7 Å². The van der Waals surface area contributed by atoms with Gasteiger partial charge in [-0.2, -0.15) is 4.80 Å². The van der Waals surface area contributed by atoms with E-state index in [0.717, 1.165) is 6.42 Å². The first kappa shape index (κ1) is 8.83. The summed E-state index contributed by atoms with van der Waals surface area (Å²) < 4.78 is 0. The minimum absolute atomic E-state index is 0.172. The minimum Gasteiger partial charge on any atom is -0.299 e. The molecule has 66 valence electrons. The largest absolute Gasteiger partial charge is 0.299 e. The van der Waals surface area contributed by atoms with Crippen molar-refractivity contribution in [2.24, 2.45) is 7.05 Å². The number of aromatic nitrogens is 4. The van der Waals surface area contributed by atoms with Gasteiger partial charge in [-0.1, -0.05) is 6.92 Å². The van der Waals surface area contributed by atoms with Gasteiger partial charge in [0.15, 0.2) is 5.82 Å². The maximum absolute atomic E-state index is 11.1. The molecule has 0 fully saturated rings. The molecule has 0 aliphatic heterocycles. The number of ketones is 1. The van der Waals surface area contributed by atoms with E-state index >= 15 is 0 Å². The second-order valence-corrected chi connectivity index (χ2v) is 2.66. The molecular formula is C7H12N4O. The summed E-state index contributed by atoms with van der Waals surface area (Å²) in [6.07, 6.45) is 1.78. The van der Waals surface area contributed by atoms with Crippen LogP contribution < -0.4 is 0 Å². The van der Waals surface area contributed by atoms with Gasteiger partial charge in [-0.05, 0) is 11.6 Å². The van der Waals surface area contributed by atoms with Gasteiger partial charge in [0.2, 0.25) is 0 Å². The second-order valence-electron chi connectivity index (χ2n) is 2.66. The molecule has 0 saturated carbocycles. The van der Waals surface area contributed by atoms with Crippen molar-refractivity contribution in [3.63, 3.8) is 0 Å². The number of rotatable bonds is 4. The topological polar surface area (TPSA) is 60.7 Å². The molecule has 0 bridgehead atoms. The summed E-state index contributed by atoms with van der Waals surface area (Å²) in [5.41, 5.74) is 0. The predicted molar refractivity (Wildman–Crippen MR) is 42.4 cm³/mol. The van der Waals surface area contributed by atoms with Crippen LogP contribution in [0, 0.1) is 0 Å². The summed E-state index contributed by atoms with van der Waals surface area (Å²) in [6.45, 7) is 1.97. The number of tetrazole rings is 1. The van der Waals surface area contributed by atoms with E-state index < -0.39 is 0 Å². The van der Waals surface area contributed by atoms with Crippen molar-refractivity contribution in [2.75, 3.05) is 0 Å². The molecule has 0 amide bonds. The molecule has 0 radical (unpaired) electrons. The summed E-state index contributed by atoms with van der Waals surface area (Å²) in [5.74, 6) is 0.682. The van der Waals surface area contributed by atoms with E-state index in [1.54, 1.807) is 7.05 Å². The SMILES string of the molecule is CCCC(=O)Cc1nnn(C)n1. The molecule has 0 atom stereocenters. The Bertz CT molecular complexity index is 268. The summed E-state index contributed by atoms with van der Waals surface area (Å²) in [7, 11) is 1.68. The first-order valence-corrected chi connectivity index (χ1v) is 3.97. The predicted octanol–water partition coefficient (Wildman–Crippen LogP) is 0.122. The monoisotopic (exact) mass is 168 g/mol. The third-order valence-electron chi connectivity index (χ3n) is 1.43. The number of aryl methyl sites for hydroxylation is 1. The van der Waals surface area contributed by atoms with Gasteiger partial charge in [0.1, 0.15) is 5.78 Å². The number of hydrogen-bond acceptors (Lipinski definition) is 4. The van der Waals surface area contributed by atoms with Gasteiger partial charge < -0.3 is 0 Å². The lowest BCUT2D eigenvalue weighted by Crippen LogP contribution is -2.04. The van der Waals surface area contributed by atoms with E-state index in [9.17, 15) is 4.79 Å². The quantitative estimate of drug-likeness (QED) is 0.640. The average molecular weight is 168 g/mol. The van der Waals surface area contributed by atoms with Crippen LogP contribution in [0.1, 0.15) is 25.6 Å². The smallest absolute Gasteiger partial charge is 0.182 e. The van der Waals surface area contributed by atoms with Crippen LogP contribution >= 0.6 is 0 Å². The van der Waals surface area contributed by atoms with Crippen molar-refractivity contribution in [1.29, 1.82) is 0 Å². The van der Waals surface area contributed by atoms with Crippen molar-refractivity contribution in [2.45, 2.75) is 26.2 Å². The Morgan fingerprint density at radius 3 is 2.83 bits per heavy atom. The van der Waals surface area contributed by atoms with Crippen LogP contribution in [0.15, 0.2) is 0 Å². The molecule has 1 aromatic rings. The summed E-state index contributed by atoms with van der Waals surface area (Å²) >= 11 is 0. The molecule has 5 heteroatoms. The highest BCUT2D eigenvalue weighted by Crippen LogP contribution is 1.95. The molecule has 0 aliphatic rings. The normalized spacial score (nSPS) is 10.2. The average Bonchev–Trinajstić information content (AvgIpc) is 2.36. The standard InChI is InChI=1S/C7H12N4O/c1-3-4-6(12)5-7-8-10-11(2)9-7/h3-5H2,1-2H3. The molecule has 0 saturated heterocycles. The lowest BCUT2D eigenvalue weighted by Gasteiger charge is -1.91. The van der Waals surface area contributed by atoms with Crippen molar-refractivity contribution >= 4 is 5.78 Å². The zero-order valence-corrected chi connectivity index (χ0v) is 7.32. The fourth-order valence-corrected chi connectivity index (χ4v) is 0.938. The maximum Gasteiger partial charge on any atom is 0.182 e. The maximum atomic E-state index is 11.1. The Labute approximate surface area is 70.8 Å². The van der Waals surface area contributed by atoms with Gasteiger partial charge in [0.25, 0.3) is 0 Å². The Morgan fingerprint density at radius 2 is 2.33 bits per heavy atom. The fraction of sp³-hybridized carbons (Fsp3) is 0.714. The second kappa shape index (κ2) is 3.94. The molecule has 0 aliphatic carbocycles. The van der Waals surface area contributed by atoms with Crippen LogP contribution in [-0.4, -0.2) is 26.0 Å². The lowest BCUT2D eigenvalue weighted by atomic mass is 10.2. The van der Waals surface area contributed by atoms with E-state index in [2.05, 4.69) is 15.4 Å². The molecule has 1 rings (SSSR count). The molecule has 1 aromatic heterocycles. The number of nitrogens with zero attached hydrogens (tertiary/aromatic N) is 4. The highest BCUT2D eigenvalue weighted by molar-refractivity contribution is 5.79. The molecule has 0 N–H and O–H groups in total. The first-order valence-electron chi connectivity index (χ1n) is 3.97. The van der Waals surface area contributed by atoms with Crippen LogP contribution in [0.4, 0.5) is 0 Å². The first-order chi connectivity index (χ1) is 5.72. The summed E-state index contributed by atoms with van der Waals surface area (Å²) in [4.78, 5) is 12.5. The van der Waals surface area contributed by atoms with Gasteiger partial charge in [0.05, 0.1) is 13.5 Å². The van der Waals surface area contributed by atoms with E-state index in [1.807, 2.05) is 6.92 Å². The number of carbonyl (C=O) groups excluding carboxylic acids is 1. The van der Waals surface area contributed by atoms with Gasteiger partial charge in [-0.15, -0.1) is 10.2 Å². The third kappa shape index (κ3) is 2.41. The Kier molecular flexibility index (Phi) is 2.90. The van der Waals surface area contributed by atoms with Crippen molar-refractivity contribution in [1.82, 2.24) is 20.2 Å². The zero-order chi connectivity index (χ0) is 8.97.